The summed E-state index contributed by atoms with van der Waals surface area (Å²) in [5, 5.41) is 23.3. The van der Waals surface area contributed by atoms with Gasteiger partial charge in [0.2, 0.25) is 0 Å². The van der Waals surface area contributed by atoms with Gasteiger partial charge in [0.15, 0.2) is 11.5 Å². The van der Waals surface area contributed by atoms with E-state index in [1.54, 1.807) is 0 Å². The minimum absolute atomic E-state index is 0.370. The maximum Gasteiger partial charge on any atom is 0.490 e. The standard InChI is InChI=1S/C21H23N7.2C2HF3O2/c1-26-12-16(11-23-26)13-27-10-2-3-19(14-27)21-24-20-5-4-18(15-28(20)25-21)17-6-8-22-9-7-17;2*3-2(4,5)1(6)7/h4-9,11-12,15,19H,2-3,10,13-14H2,1H3;2*(H,6,7). The Balaban J connectivity index is 0.000000289. The third-order valence-corrected chi connectivity index (χ3v) is 5.88. The van der Waals surface area contributed by atoms with E-state index in [1.807, 2.05) is 53.0 Å². The summed E-state index contributed by atoms with van der Waals surface area (Å²) in [4.78, 5) is 29.2. The zero-order valence-corrected chi connectivity index (χ0v) is 21.9. The minimum Gasteiger partial charge on any atom is -0.475 e. The van der Waals surface area contributed by atoms with Crippen LogP contribution in [0.15, 0.2) is 55.2 Å². The Morgan fingerprint density at radius 3 is 2.12 bits per heavy atom. The number of carbonyl (C=O) groups is 2. The first-order chi connectivity index (χ1) is 19.6. The fourth-order valence-electron chi connectivity index (χ4n) is 4.01. The molecule has 1 saturated heterocycles. The zero-order valence-electron chi connectivity index (χ0n) is 21.9. The Morgan fingerprint density at radius 2 is 1.57 bits per heavy atom. The van der Waals surface area contributed by atoms with Crippen LogP contribution in [0.4, 0.5) is 26.3 Å². The van der Waals surface area contributed by atoms with Crippen molar-refractivity contribution >= 4 is 17.6 Å². The van der Waals surface area contributed by atoms with Crippen molar-refractivity contribution in [3.8, 4) is 11.1 Å². The Bertz CT molecular complexity index is 1460. The van der Waals surface area contributed by atoms with E-state index in [2.05, 4.69) is 33.4 Å². The van der Waals surface area contributed by atoms with E-state index in [4.69, 9.17) is 29.9 Å². The normalized spacial score (nSPS) is 15.7. The lowest BCUT2D eigenvalue weighted by Crippen LogP contribution is -2.34. The Kier molecular flexibility index (Phi) is 10.2. The summed E-state index contributed by atoms with van der Waals surface area (Å²) >= 11 is 0. The van der Waals surface area contributed by atoms with E-state index in [9.17, 15) is 26.3 Å². The van der Waals surface area contributed by atoms with Crippen LogP contribution in [0.25, 0.3) is 16.8 Å². The molecule has 2 N–H and O–H groups in total. The highest BCUT2D eigenvalue weighted by Gasteiger charge is 2.38. The predicted molar refractivity (Wildman–Crippen MR) is 134 cm³/mol. The van der Waals surface area contributed by atoms with Crippen LogP contribution in [0.2, 0.25) is 0 Å². The summed E-state index contributed by atoms with van der Waals surface area (Å²) in [5.74, 6) is -4.20. The molecule has 1 unspecified atom stereocenters. The number of fused-ring (bicyclic) bond motifs is 1. The second kappa shape index (κ2) is 13.4. The van der Waals surface area contributed by atoms with E-state index in [1.165, 1.54) is 12.0 Å². The van der Waals surface area contributed by atoms with Crippen LogP contribution in [-0.4, -0.2) is 81.9 Å². The first-order valence-corrected chi connectivity index (χ1v) is 12.2. The summed E-state index contributed by atoms with van der Waals surface area (Å²) in [5.41, 5.74) is 4.41. The van der Waals surface area contributed by atoms with Gasteiger partial charge in [-0.1, -0.05) is 0 Å². The van der Waals surface area contributed by atoms with Crippen molar-refractivity contribution in [3.05, 3.63) is 66.6 Å². The molecular weight excluding hydrogens is 576 g/mol. The maximum atomic E-state index is 10.6. The van der Waals surface area contributed by atoms with E-state index >= 15 is 0 Å². The monoisotopic (exact) mass is 601 g/mol. The Labute approximate surface area is 234 Å². The predicted octanol–water partition coefficient (Wildman–Crippen LogP) is 4.17. The number of pyridine rings is 2. The van der Waals surface area contributed by atoms with E-state index in [0.29, 0.717) is 5.92 Å². The van der Waals surface area contributed by atoms with E-state index in [-0.39, 0.29) is 0 Å². The minimum atomic E-state index is -5.08. The van der Waals surface area contributed by atoms with Crippen molar-refractivity contribution in [2.45, 2.75) is 37.7 Å². The van der Waals surface area contributed by atoms with Gasteiger partial charge in [-0.05, 0) is 49.2 Å². The Morgan fingerprint density at radius 1 is 0.952 bits per heavy atom. The Hall–Kier alpha value is -4.54. The number of alkyl halides is 6. The summed E-state index contributed by atoms with van der Waals surface area (Å²) in [6.07, 6.45) is 1.86. The third kappa shape index (κ3) is 9.25. The van der Waals surface area contributed by atoms with Crippen LogP contribution in [0.5, 0.6) is 0 Å². The number of nitrogens with zero attached hydrogens (tertiary/aromatic N) is 7. The average molecular weight is 602 g/mol. The van der Waals surface area contributed by atoms with Gasteiger partial charge in [-0.3, -0.25) is 14.6 Å². The first kappa shape index (κ1) is 32.0. The van der Waals surface area contributed by atoms with Gasteiger partial charge >= 0.3 is 24.3 Å². The molecule has 0 spiro atoms. The van der Waals surface area contributed by atoms with E-state index < -0.39 is 24.3 Å². The maximum absolute atomic E-state index is 10.6. The summed E-state index contributed by atoms with van der Waals surface area (Å²) in [6, 6.07) is 8.16. The van der Waals surface area contributed by atoms with Crippen LogP contribution < -0.4 is 0 Å². The average Bonchev–Trinajstić information content (AvgIpc) is 3.54. The molecule has 4 aromatic heterocycles. The van der Waals surface area contributed by atoms with Crippen molar-refractivity contribution in [1.82, 2.24) is 34.3 Å². The second-order valence-corrected chi connectivity index (χ2v) is 9.13. The van der Waals surface area contributed by atoms with Gasteiger partial charge in [0.1, 0.15) is 0 Å². The highest BCUT2D eigenvalue weighted by atomic mass is 19.4. The SMILES string of the molecule is Cn1cc(CN2CCCC(c3nc4ccc(-c5ccncc5)cn4n3)C2)cn1.O=C(O)C(F)(F)F.O=C(O)C(F)(F)F. The van der Waals surface area contributed by atoms with Gasteiger partial charge in [0, 0.05) is 62.0 Å². The van der Waals surface area contributed by atoms with Crippen molar-refractivity contribution in [1.29, 1.82) is 0 Å². The largest absolute Gasteiger partial charge is 0.490 e. The van der Waals surface area contributed by atoms with Gasteiger partial charge < -0.3 is 10.2 Å². The third-order valence-electron chi connectivity index (χ3n) is 5.88. The van der Waals surface area contributed by atoms with Crippen molar-refractivity contribution < 1.29 is 46.1 Å². The van der Waals surface area contributed by atoms with Gasteiger partial charge in [0.25, 0.3) is 0 Å². The molecule has 1 atom stereocenters. The summed E-state index contributed by atoms with van der Waals surface area (Å²) in [7, 11) is 1.96. The molecule has 1 aliphatic rings. The molecule has 1 fully saturated rings. The van der Waals surface area contributed by atoms with Crippen LogP contribution in [0.1, 0.15) is 30.1 Å². The van der Waals surface area contributed by atoms with Crippen LogP contribution in [-0.2, 0) is 23.2 Å². The molecule has 11 nitrogen and oxygen atoms in total. The molecule has 1 aliphatic heterocycles. The topological polar surface area (TPSA) is 139 Å². The molecule has 226 valence electrons. The lowest BCUT2D eigenvalue weighted by atomic mass is 9.97. The van der Waals surface area contributed by atoms with Gasteiger partial charge in [-0.25, -0.2) is 19.1 Å². The van der Waals surface area contributed by atoms with Crippen LogP contribution in [0.3, 0.4) is 0 Å². The molecule has 42 heavy (non-hydrogen) atoms. The molecule has 0 bridgehead atoms. The molecule has 4 aromatic rings. The number of aromatic nitrogens is 6. The lowest BCUT2D eigenvalue weighted by Gasteiger charge is -2.30. The smallest absolute Gasteiger partial charge is 0.475 e. The molecule has 0 aromatic carbocycles. The van der Waals surface area contributed by atoms with Crippen molar-refractivity contribution in [3.63, 3.8) is 0 Å². The number of piperidine rings is 1. The zero-order chi connectivity index (χ0) is 31.1. The number of carboxylic acid groups (broad SMARTS) is 2. The number of likely N-dealkylation sites (tertiary alicyclic amines) is 1. The molecular formula is C25H25F6N7O4. The second-order valence-electron chi connectivity index (χ2n) is 9.13. The number of aliphatic carboxylic acids is 2. The first-order valence-electron chi connectivity index (χ1n) is 12.2. The quantitative estimate of drug-likeness (QED) is 0.330. The molecule has 0 saturated carbocycles. The van der Waals surface area contributed by atoms with E-state index in [0.717, 1.165) is 48.7 Å². The van der Waals surface area contributed by atoms with Gasteiger partial charge in [-0.2, -0.15) is 36.5 Å². The van der Waals surface area contributed by atoms with Gasteiger partial charge in [0.05, 0.1) is 6.20 Å². The number of carboxylic acids is 2. The van der Waals surface area contributed by atoms with Crippen LogP contribution in [0, 0.1) is 0 Å². The lowest BCUT2D eigenvalue weighted by molar-refractivity contribution is -0.193. The molecule has 0 radical (unpaired) electrons. The summed E-state index contributed by atoms with van der Waals surface area (Å²) in [6.45, 7) is 3.04. The number of halogens is 6. The van der Waals surface area contributed by atoms with Gasteiger partial charge in [-0.15, -0.1) is 0 Å². The molecule has 0 aliphatic carbocycles. The fourth-order valence-corrected chi connectivity index (χ4v) is 4.01. The summed E-state index contributed by atoms with van der Waals surface area (Å²) < 4.78 is 67.2. The highest BCUT2D eigenvalue weighted by Crippen LogP contribution is 2.27. The fraction of sp³-hybridized carbons (Fsp3) is 0.360. The number of hydrogen-bond acceptors (Lipinski definition) is 7. The van der Waals surface area contributed by atoms with Crippen LogP contribution >= 0.6 is 0 Å². The number of aryl methyl sites for hydroxylation is 1. The number of hydrogen-bond donors (Lipinski definition) is 2. The molecule has 5 rings (SSSR count). The number of rotatable bonds is 4. The molecule has 17 heteroatoms. The van der Waals surface area contributed by atoms with Crippen molar-refractivity contribution in [2.75, 3.05) is 13.1 Å². The molecule has 5 heterocycles. The van der Waals surface area contributed by atoms with Crippen molar-refractivity contribution in [2.24, 2.45) is 7.05 Å². The molecule has 0 amide bonds. The highest BCUT2D eigenvalue weighted by molar-refractivity contribution is 5.73.